The van der Waals surface area contributed by atoms with E-state index >= 15 is 0 Å². The van der Waals surface area contributed by atoms with Crippen LogP contribution in [-0.2, 0) is 28.6 Å². The van der Waals surface area contributed by atoms with E-state index < -0.39 is 61.1 Å². The van der Waals surface area contributed by atoms with Gasteiger partial charge in [-0.15, -0.1) is 0 Å². The van der Waals surface area contributed by atoms with E-state index in [1.807, 2.05) is 0 Å². The molecule has 0 aliphatic carbocycles. The fourth-order valence-electron chi connectivity index (χ4n) is 3.21. The Hall–Kier alpha value is -2.47. The van der Waals surface area contributed by atoms with E-state index in [1.165, 1.54) is 11.1 Å². The Bertz CT molecular complexity index is 766. The Morgan fingerprint density at radius 1 is 1.09 bits per heavy atom. The van der Waals surface area contributed by atoms with Crippen LogP contribution in [0.3, 0.4) is 0 Å². The quantitative estimate of drug-likeness (QED) is 0.335. The second-order valence-corrected chi connectivity index (χ2v) is 8.59. The van der Waals surface area contributed by atoms with Gasteiger partial charge in [0.05, 0.1) is 12.2 Å². The summed E-state index contributed by atoms with van der Waals surface area (Å²) >= 11 is 0. The number of carbonyl (C=O) groups excluding carboxylic acids is 2. The molecule has 1 unspecified atom stereocenters. The first-order valence-corrected chi connectivity index (χ1v) is 10.5. The molecule has 6 atom stereocenters. The van der Waals surface area contributed by atoms with Crippen molar-refractivity contribution in [2.24, 2.45) is 23.3 Å². The van der Waals surface area contributed by atoms with Crippen molar-refractivity contribution in [2.75, 3.05) is 6.61 Å². The summed E-state index contributed by atoms with van der Waals surface area (Å²) in [6, 6.07) is -1.88. The van der Waals surface area contributed by atoms with E-state index in [1.54, 1.807) is 40.0 Å². The number of nitrogens with zero attached hydrogens (tertiary/aromatic N) is 1. The molecule has 2 heterocycles. The van der Waals surface area contributed by atoms with Crippen LogP contribution in [0, 0.1) is 11.8 Å². The average molecular weight is 456 g/mol. The van der Waals surface area contributed by atoms with Gasteiger partial charge in [-0.05, 0) is 11.8 Å². The van der Waals surface area contributed by atoms with Crippen LogP contribution in [-0.4, -0.2) is 76.3 Å². The smallest absolute Gasteiger partial charge is 0.333 e. The van der Waals surface area contributed by atoms with E-state index in [0.29, 0.717) is 0 Å². The molecule has 0 saturated carbocycles. The number of aliphatic hydroxyl groups is 1. The van der Waals surface area contributed by atoms with Crippen molar-refractivity contribution < 1.29 is 38.8 Å². The molecule has 0 bridgehead atoms. The molecule has 0 amide bonds. The van der Waals surface area contributed by atoms with Crippen molar-refractivity contribution in [1.29, 1.82) is 0 Å². The van der Waals surface area contributed by atoms with Crippen LogP contribution in [0.4, 0.5) is 0 Å². The van der Waals surface area contributed by atoms with E-state index in [4.69, 9.17) is 25.7 Å². The zero-order valence-electron chi connectivity index (χ0n) is 18.7. The fourth-order valence-corrected chi connectivity index (χ4v) is 3.21. The van der Waals surface area contributed by atoms with Crippen LogP contribution >= 0.6 is 0 Å². The number of rotatable bonds is 9. The number of carboxylic acids is 1. The number of ether oxygens (including phenoxy) is 3. The maximum absolute atomic E-state index is 12.6. The van der Waals surface area contributed by atoms with Crippen molar-refractivity contribution in [3.63, 3.8) is 0 Å². The summed E-state index contributed by atoms with van der Waals surface area (Å²) in [7, 11) is 0. The average Bonchev–Trinajstić information content (AvgIpc) is 3.09. The third kappa shape index (κ3) is 5.85. The first-order valence-electron chi connectivity index (χ1n) is 10.5. The van der Waals surface area contributed by atoms with Crippen molar-refractivity contribution in [2.45, 2.75) is 70.7 Å². The highest BCUT2D eigenvalue weighted by molar-refractivity contribution is 5.87. The predicted octanol–water partition coefficient (Wildman–Crippen LogP) is -0.318. The summed E-state index contributed by atoms with van der Waals surface area (Å²) in [6.07, 6.45) is 0.250. The summed E-state index contributed by atoms with van der Waals surface area (Å²) in [5.74, 6) is -3.03. The second-order valence-electron chi connectivity index (χ2n) is 8.59. The molecular formula is C21H33N3O8. The van der Waals surface area contributed by atoms with Gasteiger partial charge >= 0.3 is 17.9 Å². The molecule has 0 aromatic rings. The Labute approximate surface area is 187 Å². The lowest BCUT2D eigenvalue weighted by atomic mass is 10.0. The summed E-state index contributed by atoms with van der Waals surface area (Å²) in [5.41, 5.74) is 11.9. The molecule has 2 aliphatic heterocycles. The molecule has 1 saturated heterocycles. The van der Waals surface area contributed by atoms with Gasteiger partial charge in [-0.3, -0.25) is 9.59 Å². The van der Waals surface area contributed by atoms with Crippen molar-refractivity contribution in [1.82, 2.24) is 4.90 Å². The van der Waals surface area contributed by atoms with Crippen LogP contribution in [0.15, 0.2) is 24.0 Å². The number of nitrogens with two attached hydrogens (primary N) is 2. The summed E-state index contributed by atoms with van der Waals surface area (Å²) in [6.45, 7) is 6.46. The van der Waals surface area contributed by atoms with Gasteiger partial charge in [0.2, 0.25) is 0 Å². The minimum Gasteiger partial charge on any atom is -0.478 e. The zero-order valence-corrected chi connectivity index (χ0v) is 18.7. The van der Waals surface area contributed by atoms with Crippen LogP contribution in [0.2, 0.25) is 0 Å². The molecule has 2 rings (SSSR count). The first-order chi connectivity index (χ1) is 15.0. The number of hydrogen-bond acceptors (Lipinski definition) is 10. The summed E-state index contributed by atoms with van der Waals surface area (Å²) < 4.78 is 17.0. The SMILES string of the molecule is CC(C)C(N)C(=O)O[C@@H]1[C@H](OC(=O)[C@@H](N)C(C)C)[C@@H](CO)O[C@H]1N1C=CCC(C(=O)O)=C1. The van der Waals surface area contributed by atoms with Crippen LogP contribution in [0.5, 0.6) is 0 Å². The number of carbonyl (C=O) groups is 3. The largest absolute Gasteiger partial charge is 0.478 e. The Morgan fingerprint density at radius 3 is 2.09 bits per heavy atom. The number of aliphatic carboxylic acids is 1. The van der Waals surface area contributed by atoms with Gasteiger partial charge in [-0.2, -0.15) is 0 Å². The number of esters is 2. The molecule has 2 aliphatic rings. The number of hydrogen-bond donors (Lipinski definition) is 4. The molecule has 1 fully saturated rings. The minimum absolute atomic E-state index is 0.0860. The van der Waals surface area contributed by atoms with Gasteiger partial charge in [0.1, 0.15) is 18.2 Å². The van der Waals surface area contributed by atoms with Crippen LogP contribution < -0.4 is 11.5 Å². The third-order valence-electron chi connectivity index (χ3n) is 5.44. The highest BCUT2D eigenvalue weighted by atomic mass is 16.6. The third-order valence-corrected chi connectivity index (χ3v) is 5.44. The predicted molar refractivity (Wildman–Crippen MR) is 112 cm³/mol. The van der Waals surface area contributed by atoms with E-state index in [2.05, 4.69) is 0 Å². The van der Waals surface area contributed by atoms with Gasteiger partial charge in [-0.25, -0.2) is 4.79 Å². The molecular weight excluding hydrogens is 422 g/mol. The van der Waals surface area contributed by atoms with Gasteiger partial charge < -0.3 is 40.8 Å². The van der Waals surface area contributed by atoms with Crippen LogP contribution in [0.25, 0.3) is 0 Å². The zero-order chi connectivity index (χ0) is 24.2. The fraction of sp³-hybridized carbons (Fsp3) is 0.667. The van der Waals surface area contributed by atoms with Crippen molar-refractivity contribution in [3.05, 3.63) is 24.0 Å². The second kappa shape index (κ2) is 10.9. The molecule has 11 heteroatoms. The van der Waals surface area contributed by atoms with E-state index in [-0.39, 0.29) is 23.8 Å². The number of allylic oxidation sites excluding steroid dienone is 1. The molecule has 0 aromatic carbocycles. The summed E-state index contributed by atoms with van der Waals surface area (Å²) in [5, 5.41) is 19.2. The van der Waals surface area contributed by atoms with E-state index in [0.717, 1.165) is 0 Å². The monoisotopic (exact) mass is 455 g/mol. The van der Waals surface area contributed by atoms with Gasteiger partial charge in [-0.1, -0.05) is 33.8 Å². The molecule has 0 aromatic heterocycles. The van der Waals surface area contributed by atoms with Crippen LogP contribution in [0.1, 0.15) is 34.1 Å². The Morgan fingerprint density at radius 2 is 1.62 bits per heavy atom. The molecule has 0 radical (unpaired) electrons. The molecule has 6 N–H and O–H groups in total. The number of aliphatic hydroxyl groups excluding tert-OH is 1. The van der Waals surface area contributed by atoms with Crippen molar-refractivity contribution in [3.8, 4) is 0 Å². The lowest BCUT2D eigenvalue weighted by Gasteiger charge is -2.32. The maximum atomic E-state index is 12.6. The standard InChI is InChI=1S/C21H33N3O8/c1-10(2)14(22)20(28)31-16-13(9-25)30-18(17(16)32-21(29)15(23)11(3)4)24-7-5-6-12(8-24)19(26)27/h5,7-8,10-11,13-18,25H,6,9,22-23H2,1-4H3,(H,26,27)/t13-,14+,15?,16-,17-,18-/m1/s1. The lowest BCUT2D eigenvalue weighted by Crippen LogP contribution is -2.50. The van der Waals surface area contributed by atoms with Crippen molar-refractivity contribution >= 4 is 17.9 Å². The van der Waals surface area contributed by atoms with Gasteiger partial charge in [0.25, 0.3) is 0 Å². The van der Waals surface area contributed by atoms with Gasteiger partial charge in [0.15, 0.2) is 18.4 Å². The highest BCUT2D eigenvalue weighted by Crippen LogP contribution is 2.32. The molecule has 32 heavy (non-hydrogen) atoms. The maximum Gasteiger partial charge on any atom is 0.333 e. The molecule has 180 valence electrons. The van der Waals surface area contributed by atoms with E-state index in [9.17, 15) is 24.6 Å². The van der Waals surface area contributed by atoms with Gasteiger partial charge in [0, 0.05) is 18.8 Å². The minimum atomic E-state index is -1.19. The highest BCUT2D eigenvalue weighted by Gasteiger charge is 2.52. The Balaban J connectivity index is 2.37. The summed E-state index contributed by atoms with van der Waals surface area (Å²) in [4.78, 5) is 38.0. The lowest BCUT2D eigenvalue weighted by molar-refractivity contribution is -0.171. The normalized spacial score (nSPS) is 27.3. The number of carboxylic acid groups (broad SMARTS) is 1. The first kappa shape index (κ1) is 25.8. The topological polar surface area (TPSA) is 175 Å². The molecule has 0 spiro atoms. The molecule has 11 nitrogen and oxygen atoms in total. The Kier molecular flexibility index (Phi) is 8.79.